The van der Waals surface area contributed by atoms with E-state index in [2.05, 4.69) is 33.1 Å². The largest absolute Gasteiger partial charge is 0.391 e. The molecule has 3 aromatic rings. The van der Waals surface area contributed by atoms with Crippen LogP contribution in [0.15, 0.2) is 36.5 Å². The number of ether oxygens (including phenoxy) is 1. The number of β-amino-alcohol motifs (C(OH)–C–C–N with tert-alkyl or cyclic N) is 1. The van der Waals surface area contributed by atoms with E-state index in [9.17, 15) is 9.90 Å². The second kappa shape index (κ2) is 9.68. The first kappa shape index (κ1) is 22.6. The molecule has 1 unspecified atom stereocenters. The normalized spacial score (nSPS) is 21.2. The monoisotopic (exact) mass is 475 g/mol. The summed E-state index contributed by atoms with van der Waals surface area (Å²) in [5.41, 5.74) is 3.87. The van der Waals surface area contributed by atoms with E-state index in [0.29, 0.717) is 24.6 Å². The lowest BCUT2D eigenvalue weighted by Crippen LogP contribution is -2.38. The van der Waals surface area contributed by atoms with E-state index in [1.54, 1.807) is 6.07 Å². The zero-order chi connectivity index (χ0) is 23.8. The Labute approximate surface area is 205 Å². The molecule has 2 saturated heterocycles. The van der Waals surface area contributed by atoms with Gasteiger partial charge < -0.3 is 14.7 Å². The minimum absolute atomic E-state index is 0.0348. The number of aliphatic hydroxyl groups excluding tert-OH is 1. The van der Waals surface area contributed by atoms with Crippen LogP contribution in [0, 0.1) is 0 Å². The van der Waals surface area contributed by atoms with Gasteiger partial charge in [0.1, 0.15) is 11.5 Å². The fraction of sp³-hybridized carbons (Fsp3) is 0.519. The number of carbonyl (C=O) groups is 1. The lowest BCUT2D eigenvalue weighted by Gasteiger charge is -2.26. The van der Waals surface area contributed by atoms with Gasteiger partial charge in [0.05, 0.1) is 31.4 Å². The van der Waals surface area contributed by atoms with Gasteiger partial charge in [0.25, 0.3) is 0 Å². The summed E-state index contributed by atoms with van der Waals surface area (Å²) < 4.78 is 7.49. The van der Waals surface area contributed by atoms with Crippen LogP contribution in [0.1, 0.15) is 46.8 Å². The lowest BCUT2D eigenvalue weighted by atomic mass is 9.96. The Morgan fingerprint density at radius 2 is 1.94 bits per heavy atom. The molecule has 2 aromatic heterocycles. The van der Waals surface area contributed by atoms with Gasteiger partial charge >= 0.3 is 0 Å². The Morgan fingerprint density at radius 3 is 2.71 bits per heavy atom. The van der Waals surface area contributed by atoms with E-state index in [1.807, 2.05) is 16.8 Å². The van der Waals surface area contributed by atoms with E-state index in [-0.39, 0.29) is 11.9 Å². The van der Waals surface area contributed by atoms with Crippen LogP contribution in [0.4, 0.5) is 5.82 Å². The molecule has 1 N–H and O–H groups in total. The van der Waals surface area contributed by atoms with Crippen molar-refractivity contribution in [2.75, 3.05) is 50.8 Å². The summed E-state index contributed by atoms with van der Waals surface area (Å²) in [6.07, 6.45) is 5.23. The summed E-state index contributed by atoms with van der Waals surface area (Å²) in [5.74, 6) is 1.34. The van der Waals surface area contributed by atoms with E-state index in [4.69, 9.17) is 9.84 Å². The minimum Gasteiger partial charge on any atom is -0.391 e. The molecule has 0 spiro atoms. The highest BCUT2D eigenvalue weighted by Gasteiger charge is 2.28. The van der Waals surface area contributed by atoms with Crippen molar-refractivity contribution in [2.24, 2.45) is 0 Å². The number of benzene rings is 1. The van der Waals surface area contributed by atoms with Crippen molar-refractivity contribution in [3.8, 4) is 0 Å². The first-order valence-electron chi connectivity index (χ1n) is 12.9. The highest BCUT2D eigenvalue weighted by Crippen LogP contribution is 2.43. The summed E-state index contributed by atoms with van der Waals surface area (Å²) in [6.45, 7) is 6.73. The first-order valence-corrected chi connectivity index (χ1v) is 12.9. The van der Waals surface area contributed by atoms with Crippen molar-refractivity contribution in [1.29, 1.82) is 0 Å². The molecule has 1 aromatic carbocycles. The van der Waals surface area contributed by atoms with Crippen molar-refractivity contribution in [1.82, 2.24) is 19.7 Å². The Balaban J connectivity index is 1.20. The molecule has 8 nitrogen and oxygen atoms in total. The van der Waals surface area contributed by atoms with Crippen molar-refractivity contribution >= 4 is 22.5 Å². The van der Waals surface area contributed by atoms with Crippen LogP contribution in [-0.4, -0.2) is 82.6 Å². The smallest absolute Gasteiger partial charge is 0.185 e. The molecule has 35 heavy (non-hydrogen) atoms. The summed E-state index contributed by atoms with van der Waals surface area (Å²) in [7, 11) is 0. The standard InChI is InChI=1S/C27H33N5O3/c33-22-6-7-31(18-22)27-3-1-2-24(28-27)26(34)15-20-14-21-17-32(9-8-30-10-12-35-13-11-30)29-25(21)16-23(20)19-4-5-19/h1-3,14,16-17,19,22,33H,4-13,15,18H2. The van der Waals surface area contributed by atoms with Gasteiger partial charge in [-0.25, -0.2) is 4.98 Å². The molecule has 0 bridgehead atoms. The number of fused-ring (bicyclic) bond motifs is 1. The summed E-state index contributed by atoms with van der Waals surface area (Å²) in [4.78, 5) is 22.4. The van der Waals surface area contributed by atoms with Crippen molar-refractivity contribution < 1.29 is 14.6 Å². The third-order valence-corrected chi connectivity index (χ3v) is 7.44. The van der Waals surface area contributed by atoms with Gasteiger partial charge in [-0.1, -0.05) is 6.07 Å². The number of pyridine rings is 1. The van der Waals surface area contributed by atoms with Crippen molar-refractivity contribution in [3.05, 3.63) is 53.3 Å². The number of nitrogens with zero attached hydrogens (tertiary/aromatic N) is 5. The second-order valence-electron chi connectivity index (χ2n) is 10.1. The molecule has 1 aliphatic carbocycles. The molecule has 4 heterocycles. The molecule has 6 rings (SSSR count). The SMILES string of the molecule is O=C(Cc1cc2cn(CCN3CCOCC3)nc2cc1C1CC1)c1cccc(N2CCC(O)C2)n1. The highest BCUT2D eigenvalue weighted by molar-refractivity contribution is 5.97. The number of Topliss-reactive ketones (excluding diaryl/α,β-unsaturated/α-hetero) is 1. The molecule has 8 heteroatoms. The average molecular weight is 476 g/mol. The van der Waals surface area contributed by atoms with Crippen LogP contribution in [-0.2, 0) is 17.7 Å². The maximum Gasteiger partial charge on any atom is 0.185 e. The molecule has 0 radical (unpaired) electrons. The number of carbonyl (C=O) groups excluding carboxylic acids is 1. The van der Waals surface area contributed by atoms with Crippen molar-refractivity contribution in [2.45, 2.75) is 44.2 Å². The maximum atomic E-state index is 13.3. The van der Waals surface area contributed by atoms with E-state index >= 15 is 0 Å². The van der Waals surface area contributed by atoms with Gasteiger partial charge in [-0.05, 0) is 60.6 Å². The van der Waals surface area contributed by atoms with Gasteiger partial charge in [0, 0.05) is 50.7 Å². The Bertz CT molecular complexity index is 1210. The maximum absolute atomic E-state index is 13.3. The Morgan fingerprint density at radius 1 is 1.09 bits per heavy atom. The molecule has 2 aliphatic heterocycles. The minimum atomic E-state index is -0.321. The van der Waals surface area contributed by atoms with Gasteiger partial charge in [-0.15, -0.1) is 0 Å². The molecule has 1 saturated carbocycles. The summed E-state index contributed by atoms with van der Waals surface area (Å²) in [5, 5.41) is 15.8. The summed E-state index contributed by atoms with van der Waals surface area (Å²) >= 11 is 0. The Kier molecular flexibility index (Phi) is 6.26. The predicted molar refractivity (Wildman–Crippen MR) is 134 cm³/mol. The second-order valence-corrected chi connectivity index (χ2v) is 10.1. The number of aromatic nitrogens is 3. The van der Waals surface area contributed by atoms with Crippen LogP contribution in [0.2, 0.25) is 0 Å². The highest BCUT2D eigenvalue weighted by atomic mass is 16.5. The van der Waals surface area contributed by atoms with Gasteiger partial charge in [0.2, 0.25) is 0 Å². The quantitative estimate of drug-likeness (QED) is 0.502. The Hall–Kier alpha value is -2.81. The van der Waals surface area contributed by atoms with E-state index in [1.165, 1.54) is 18.4 Å². The number of anilines is 1. The van der Waals surface area contributed by atoms with E-state index in [0.717, 1.165) is 74.6 Å². The van der Waals surface area contributed by atoms with Crippen LogP contribution >= 0.6 is 0 Å². The molecule has 3 aliphatic rings. The zero-order valence-electron chi connectivity index (χ0n) is 20.1. The molecular weight excluding hydrogens is 442 g/mol. The predicted octanol–water partition coefficient (Wildman–Crippen LogP) is 2.64. The lowest BCUT2D eigenvalue weighted by molar-refractivity contribution is 0.0360. The number of morpholine rings is 1. The third kappa shape index (κ3) is 5.10. The van der Waals surface area contributed by atoms with Crippen LogP contribution in [0.25, 0.3) is 10.9 Å². The zero-order valence-corrected chi connectivity index (χ0v) is 20.1. The van der Waals surface area contributed by atoms with Crippen molar-refractivity contribution in [3.63, 3.8) is 0 Å². The number of rotatable bonds is 8. The van der Waals surface area contributed by atoms with E-state index < -0.39 is 0 Å². The molecular formula is C27H33N5O3. The fourth-order valence-corrected chi connectivity index (χ4v) is 5.26. The van der Waals surface area contributed by atoms with Crippen LogP contribution in [0.5, 0.6) is 0 Å². The fourth-order valence-electron chi connectivity index (χ4n) is 5.26. The molecule has 0 amide bonds. The number of hydrogen-bond acceptors (Lipinski definition) is 7. The van der Waals surface area contributed by atoms with Crippen LogP contribution < -0.4 is 4.90 Å². The molecule has 184 valence electrons. The topological polar surface area (TPSA) is 83.7 Å². The summed E-state index contributed by atoms with van der Waals surface area (Å²) in [6, 6.07) is 9.99. The van der Waals surface area contributed by atoms with Crippen LogP contribution in [0.3, 0.4) is 0 Å². The van der Waals surface area contributed by atoms with Gasteiger partial charge in [-0.3, -0.25) is 14.4 Å². The molecule has 1 atom stereocenters. The molecule has 3 fully saturated rings. The number of hydrogen-bond donors (Lipinski definition) is 1. The van der Waals surface area contributed by atoms with Gasteiger partial charge in [-0.2, -0.15) is 5.10 Å². The average Bonchev–Trinajstić information content (AvgIpc) is 3.51. The van der Waals surface area contributed by atoms with Gasteiger partial charge in [0.15, 0.2) is 5.78 Å². The number of ketones is 1. The number of aliphatic hydroxyl groups is 1. The third-order valence-electron chi connectivity index (χ3n) is 7.44. The first-order chi connectivity index (χ1) is 17.1.